The first-order chi connectivity index (χ1) is 12.5. The van der Waals surface area contributed by atoms with E-state index in [9.17, 15) is 4.39 Å². The van der Waals surface area contributed by atoms with Crippen molar-refractivity contribution in [2.45, 2.75) is 13.5 Å². The molecule has 2 N–H and O–H groups in total. The van der Waals surface area contributed by atoms with Gasteiger partial charge in [0, 0.05) is 16.6 Å². The van der Waals surface area contributed by atoms with Gasteiger partial charge >= 0.3 is 0 Å². The van der Waals surface area contributed by atoms with Gasteiger partial charge in [-0.15, -0.1) is 0 Å². The Kier molecular flexibility index (Phi) is 7.80. The van der Waals surface area contributed by atoms with Crippen molar-refractivity contribution in [3.05, 3.63) is 57.8 Å². The molecule has 0 atom stereocenters. The molecule has 0 heterocycles. The van der Waals surface area contributed by atoms with Crippen LogP contribution in [0.1, 0.15) is 18.1 Å². The van der Waals surface area contributed by atoms with E-state index in [4.69, 9.17) is 21.7 Å². The van der Waals surface area contributed by atoms with Crippen LogP contribution in [0.3, 0.4) is 0 Å². The highest BCUT2D eigenvalue weighted by Gasteiger charge is 2.10. The number of hydrazone groups is 1. The molecule has 8 heteroatoms. The van der Waals surface area contributed by atoms with Crippen molar-refractivity contribution in [1.82, 2.24) is 10.7 Å². The standard InChI is InChI=1S/C18H19BrFN3O2S/c1-3-21-18(26)23-22-10-13-8-16(24-2)17(9-15(13)19)25-11-12-5-4-6-14(20)7-12/h4-10H,3,11H2,1-2H3,(H2,21,23,26)/b22-10-. The summed E-state index contributed by atoms with van der Waals surface area (Å²) in [6.45, 7) is 2.89. The van der Waals surface area contributed by atoms with Crippen LogP contribution in [0.25, 0.3) is 0 Å². The van der Waals surface area contributed by atoms with E-state index in [1.54, 1.807) is 37.6 Å². The van der Waals surface area contributed by atoms with Crippen LogP contribution in [0.4, 0.5) is 4.39 Å². The largest absolute Gasteiger partial charge is 0.493 e. The van der Waals surface area contributed by atoms with Crippen molar-refractivity contribution in [3.63, 3.8) is 0 Å². The number of hydrogen-bond acceptors (Lipinski definition) is 4. The quantitative estimate of drug-likeness (QED) is 0.388. The third-order valence-corrected chi connectivity index (χ3v) is 4.20. The van der Waals surface area contributed by atoms with Crippen LogP contribution in [0.15, 0.2) is 46.0 Å². The second kappa shape index (κ2) is 10.1. The summed E-state index contributed by atoms with van der Waals surface area (Å²) >= 11 is 8.53. The van der Waals surface area contributed by atoms with Gasteiger partial charge in [-0.25, -0.2) is 4.39 Å². The zero-order chi connectivity index (χ0) is 18.9. The first-order valence-electron chi connectivity index (χ1n) is 7.85. The van der Waals surface area contributed by atoms with E-state index < -0.39 is 0 Å². The Bertz CT molecular complexity index is 802. The maximum atomic E-state index is 13.3. The molecule has 2 aromatic rings. The molecule has 0 spiro atoms. The van der Waals surface area contributed by atoms with Crippen LogP contribution in [0, 0.1) is 5.82 Å². The number of benzene rings is 2. The summed E-state index contributed by atoms with van der Waals surface area (Å²) in [5.74, 6) is 0.783. The highest BCUT2D eigenvalue weighted by atomic mass is 79.9. The lowest BCUT2D eigenvalue weighted by molar-refractivity contribution is 0.284. The van der Waals surface area contributed by atoms with Gasteiger partial charge in [0.15, 0.2) is 16.6 Å². The molecule has 0 aliphatic heterocycles. The smallest absolute Gasteiger partial charge is 0.186 e. The number of hydrogen-bond donors (Lipinski definition) is 2. The number of halogens is 2. The van der Waals surface area contributed by atoms with E-state index in [0.717, 1.165) is 22.1 Å². The summed E-state index contributed by atoms with van der Waals surface area (Å²) < 4.78 is 25.2. The molecular formula is C18H19BrFN3O2S. The Balaban J connectivity index is 2.10. The van der Waals surface area contributed by atoms with Crippen LogP contribution in [0.2, 0.25) is 0 Å². The summed E-state index contributed by atoms with van der Waals surface area (Å²) in [7, 11) is 1.55. The summed E-state index contributed by atoms with van der Waals surface area (Å²) in [5, 5.41) is 7.47. The molecule has 0 aromatic heterocycles. The van der Waals surface area contributed by atoms with Crippen molar-refractivity contribution in [3.8, 4) is 11.5 Å². The lowest BCUT2D eigenvalue weighted by atomic mass is 10.2. The highest BCUT2D eigenvalue weighted by molar-refractivity contribution is 9.10. The fraction of sp³-hybridized carbons (Fsp3) is 0.222. The van der Waals surface area contributed by atoms with E-state index >= 15 is 0 Å². The molecule has 5 nitrogen and oxygen atoms in total. The molecular weight excluding hydrogens is 421 g/mol. The van der Waals surface area contributed by atoms with Gasteiger partial charge in [0.05, 0.1) is 13.3 Å². The van der Waals surface area contributed by atoms with Gasteiger partial charge < -0.3 is 14.8 Å². The third kappa shape index (κ3) is 5.96. The summed E-state index contributed by atoms with van der Waals surface area (Å²) in [5.41, 5.74) is 4.24. The first-order valence-corrected chi connectivity index (χ1v) is 9.05. The number of methoxy groups -OCH3 is 1. The lowest BCUT2D eigenvalue weighted by Gasteiger charge is -2.13. The second-order valence-electron chi connectivity index (χ2n) is 5.17. The van der Waals surface area contributed by atoms with Crippen LogP contribution in [-0.2, 0) is 6.61 Å². The van der Waals surface area contributed by atoms with E-state index in [1.165, 1.54) is 12.1 Å². The topological polar surface area (TPSA) is 54.9 Å². The monoisotopic (exact) mass is 439 g/mol. The third-order valence-electron chi connectivity index (χ3n) is 3.27. The molecule has 0 aliphatic rings. The number of ether oxygens (including phenoxy) is 2. The predicted octanol–water partition coefficient (Wildman–Crippen LogP) is 3.99. The minimum Gasteiger partial charge on any atom is -0.493 e. The van der Waals surface area contributed by atoms with Crippen molar-refractivity contribution in [2.75, 3.05) is 13.7 Å². The Hall–Kier alpha value is -2.19. The van der Waals surface area contributed by atoms with Gasteiger partial charge in [-0.05, 0) is 64.9 Å². The zero-order valence-electron chi connectivity index (χ0n) is 14.4. The number of thiocarbonyl (C=S) groups is 1. The van der Waals surface area contributed by atoms with Gasteiger partial charge in [0.2, 0.25) is 0 Å². The van der Waals surface area contributed by atoms with Gasteiger partial charge in [0.1, 0.15) is 12.4 Å². The summed E-state index contributed by atoms with van der Waals surface area (Å²) in [6, 6.07) is 9.83. The fourth-order valence-corrected chi connectivity index (χ4v) is 2.69. The van der Waals surface area contributed by atoms with Crippen molar-refractivity contribution < 1.29 is 13.9 Å². The average Bonchev–Trinajstić information content (AvgIpc) is 2.61. The second-order valence-corrected chi connectivity index (χ2v) is 6.44. The van der Waals surface area contributed by atoms with Crippen molar-refractivity contribution in [2.24, 2.45) is 5.10 Å². The number of nitrogens with one attached hydrogen (secondary N) is 2. The maximum absolute atomic E-state index is 13.3. The SMILES string of the molecule is CCNC(=S)N/N=C\c1cc(OC)c(OCc2cccc(F)c2)cc1Br. The summed E-state index contributed by atoms with van der Waals surface area (Å²) in [6.07, 6.45) is 1.62. The molecule has 2 aromatic carbocycles. The van der Waals surface area contributed by atoms with Crippen LogP contribution in [-0.4, -0.2) is 25.0 Å². The molecule has 0 amide bonds. The molecule has 0 unspecified atom stereocenters. The predicted molar refractivity (Wildman–Crippen MR) is 108 cm³/mol. The van der Waals surface area contributed by atoms with Crippen molar-refractivity contribution in [1.29, 1.82) is 0 Å². The number of nitrogens with zero attached hydrogens (tertiary/aromatic N) is 1. The Morgan fingerprint density at radius 2 is 2.12 bits per heavy atom. The van der Waals surface area contributed by atoms with Crippen molar-refractivity contribution >= 4 is 39.5 Å². The minimum absolute atomic E-state index is 0.229. The summed E-state index contributed by atoms with van der Waals surface area (Å²) in [4.78, 5) is 0. The van der Waals surface area contributed by atoms with E-state index in [2.05, 4.69) is 31.8 Å². The van der Waals surface area contributed by atoms with E-state index in [1.807, 2.05) is 6.92 Å². The molecule has 0 saturated carbocycles. The van der Waals surface area contributed by atoms with E-state index in [-0.39, 0.29) is 12.4 Å². The molecule has 0 fully saturated rings. The maximum Gasteiger partial charge on any atom is 0.186 e. The fourth-order valence-electron chi connectivity index (χ4n) is 2.07. The zero-order valence-corrected chi connectivity index (χ0v) is 16.8. The average molecular weight is 440 g/mol. The Labute approximate surface area is 165 Å². The molecule has 2 rings (SSSR count). The van der Waals surface area contributed by atoms with Crippen LogP contribution < -0.4 is 20.2 Å². The lowest BCUT2D eigenvalue weighted by Crippen LogP contribution is -2.31. The van der Waals surface area contributed by atoms with E-state index in [0.29, 0.717) is 16.6 Å². The van der Waals surface area contributed by atoms with Crippen LogP contribution in [0.5, 0.6) is 11.5 Å². The van der Waals surface area contributed by atoms with Crippen LogP contribution >= 0.6 is 28.1 Å². The van der Waals surface area contributed by atoms with Gasteiger partial charge in [-0.1, -0.05) is 12.1 Å². The Morgan fingerprint density at radius 3 is 2.81 bits per heavy atom. The first kappa shape index (κ1) is 20.1. The Morgan fingerprint density at radius 1 is 1.31 bits per heavy atom. The minimum atomic E-state index is -0.297. The molecule has 0 aliphatic carbocycles. The van der Waals surface area contributed by atoms with Gasteiger partial charge in [-0.3, -0.25) is 5.43 Å². The molecule has 26 heavy (non-hydrogen) atoms. The number of rotatable bonds is 7. The molecule has 138 valence electrons. The van der Waals surface area contributed by atoms with Gasteiger partial charge in [0.25, 0.3) is 0 Å². The normalized spacial score (nSPS) is 10.6. The molecule has 0 radical (unpaired) electrons. The molecule has 0 bridgehead atoms. The molecule has 0 saturated heterocycles. The van der Waals surface area contributed by atoms with Gasteiger partial charge in [-0.2, -0.15) is 5.10 Å². The highest BCUT2D eigenvalue weighted by Crippen LogP contribution is 2.33.